The zero-order valence-corrected chi connectivity index (χ0v) is 17.2. The maximum absolute atomic E-state index is 12.9. The number of nitrogens with one attached hydrogen (secondary N) is 1. The van der Waals surface area contributed by atoms with Crippen molar-refractivity contribution in [3.8, 4) is 16.9 Å². The first-order chi connectivity index (χ1) is 15.1. The van der Waals surface area contributed by atoms with Gasteiger partial charge in [-0.3, -0.25) is 9.94 Å². The summed E-state index contributed by atoms with van der Waals surface area (Å²) in [4.78, 5) is 18.9. The largest absolute Gasteiger partial charge is 0.497 e. The minimum Gasteiger partial charge on any atom is -0.497 e. The third-order valence-electron chi connectivity index (χ3n) is 5.21. The van der Waals surface area contributed by atoms with Gasteiger partial charge in [-0.15, -0.1) is 0 Å². The van der Waals surface area contributed by atoms with Crippen molar-refractivity contribution in [3.05, 3.63) is 66.5 Å². The predicted octanol–water partition coefficient (Wildman–Crippen LogP) is 4.07. The SMILES string of the molecule is COc1cccc(COC(=O)N(OC2CCC(O)C2)c2ccc(-c3cn[nH]c3)cc2)c1. The lowest BCUT2D eigenvalue weighted by atomic mass is 10.1. The molecule has 4 rings (SSSR count). The zero-order valence-electron chi connectivity index (χ0n) is 17.2. The highest BCUT2D eigenvalue weighted by Crippen LogP contribution is 2.28. The number of hydroxylamine groups is 1. The van der Waals surface area contributed by atoms with Gasteiger partial charge in [-0.1, -0.05) is 24.3 Å². The first kappa shape index (κ1) is 20.9. The molecule has 0 bridgehead atoms. The van der Waals surface area contributed by atoms with E-state index in [1.165, 1.54) is 5.06 Å². The molecule has 0 aliphatic heterocycles. The van der Waals surface area contributed by atoms with Gasteiger partial charge in [-0.05, 0) is 48.2 Å². The fourth-order valence-electron chi connectivity index (χ4n) is 3.54. The monoisotopic (exact) mass is 423 g/mol. The molecule has 31 heavy (non-hydrogen) atoms. The summed E-state index contributed by atoms with van der Waals surface area (Å²) >= 11 is 0. The maximum Gasteiger partial charge on any atom is 0.439 e. The fraction of sp³-hybridized carbons (Fsp3) is 0.304. The number of aromatic amines is 1. The number of aliphatic hydroxyl groups excluding tert-OH is 1. The van der Waals surface area contributed by atoms with Crippen molar-refractivity contribution in [1.29, 1.82) is 0 Å². The van der Waals surface area contributed by atoms with Gasteiger partial charge < -0.3 is 14.6 Å². The average molecular weight is 423 g/mol. The second-order valence-electron chi connectivity index (χ2n) is 7.43. The summed E-state index contributed by atoms with van der Waals surface area (Å²) in [7, 11) is 1.59. The van der Waals surface area contributed by atoms with E-state index in [9.17, 15) is 9.90 Å². The topological polar surface area (TPSA) is 96.9 Å². The standard InChI is InChI=1S/C23H25N3O5/c1-29-21-4-2-3-16(11-21)15-30-23(28)26(31-22-10-9-20(27)12-22)19-7-5-17(6-8-19)18-13-24-25-14-18/h2-8,11,13-14,20,22,27H,9-10,12,15H2,1H3,(H,24,25). The molecule has 1 aromatic heterocycles. The minimum atomic E-state index is -0.625. The summed E-state index contributed by atoms with van der Waals surface area (Å²) in [5.41, 5.74) is 3.25. The van der Waals surface area contributed by atoms with E-state index in [-0.39, 0.29) is 12.7 Å². The Labute approximate surface area is 180 Å². The Hall–Kier alpha value is -3.36. The number of hydrogen-bond donors (Lipinski definition) is 2. The van der Waals surface area contributed by atoms with Crippen molar-refractivity contribution >= 4 is 11.8 Å². The van der Waals surface area contributed by atoms with Crippen LogP contribution >= 0.6 is 0 Å². The molecule has 8 nitrogen and oxygen atoms in total. The number of benzene rings is 2. The van der Waals surface area contributed by atoms with Crippen LogP contribution < -0.4 is 9.80 Å². The number of hydrogen-bond acceptors (Lipinski definition) is 6. The van der Waals surface area contributed by atoms with Gasteiger partial charge in [-0.25, -0.2) is 4.79 Å². The van der Waals surface area contributed by atoms with Gasteiger partial charge in [0.1, 0.15) is 12.4 Å². The van der Waals surface area contributed by atoms with E-state index in [2.05, 4.69) is 10.2 Å². The van der Waals surface area contributed by atoms with Gasteiger partial charge in [0.25, 0.3) is 0 Å². The van der Waals surface area contributed by atoms with Crippen LogP contribution in [0.25, 0.3) is 11.1 Å². The number of ether oxygens (including phenoxy) is 2. The summed E-state index contributed by atoms with van der Waals surface area (Å²) in [6.45, 7) is 0.0797. The number of carbonyl (C=O) groups excluding carboxylic acids is 1. The summed E-state index contributed by atoms with van der Waals surface area (Å²) in [6, 6.07) is 14.7. The van der Waals surface area contributed by atoms with Crippen molar-refractivity contribution in [3.63, 3.8) is 0 Å². The lowest BCUT2D eigenvalue weighted by Gasteiger charge is -2.25. The lowest BCUT2D eigenvalue weighted by Crippen LogP contribution is -2.35. The molecule has 3 aromatic rings. The molecule has 1 amide bonds. The molecule has 2 atom stereocenters. The third kappa shape index (κ3) is 5.22. The molecular weight excluding hydrogens is 398 g/mol. The van der Waals surface area contributed by atoms with Crippen LogP contribution in [0, 0.1) is 0 Å². The molecule has 2 unspecified atom stereocenters. The van der Waals surface area contributed by atoms with Crippen molar-refractivity contribution in [2.75, 3.05) is 12.2 Å². The van der Waals surface area contributed by atoms with Crippen molar-refractivity contribution < 1.29 is 24.2 Å². The first-order valence-corrected chi connectivity index (χ1v) is 10.2. The van der Waals surface area contributed by atoms with Crippen LogP contribution in [0.3, 0.4) is 0 Å². The van der Waals surface area contributed by atoms with E-state index in [1.54, 1.807) is 31.6 Å². The highest BCUT2D eigenvalue weighted by atomic mass is 16.7. The van der Waals surface area contributed by atoms with E-state index in [0.29, 0.717) is 30.7 Å². The van der Waals surface area contributed by atoms with E-state index in [0.717, 1.165) is 16.7 Å². The summed E-state index contributed by atoms with van der Waals surface area (Å²) in [5, 5.41) is 17.7. The maximum atomic E-state index is 12.9. The Morgan fingerprint density at radius 1 is 1.19 bits per heavy atom. The molecule has 8 heteroatoms. The molecule has 1 heterocycles. The van der Waals surface area contributed by atoms with Crippen molar-refractivity contribution in [2.45, 2.75) is 38.1 Å². The molecule has 162 valence electrons. The third-order valence-corrected chi connectivity index (χ3v) is 5.21. The summed E-state index contributed by atoms with van der Waals surface area (Å²) in [6.07, 6.45) is 4.03. The molecule has 1 aliphatic carbocycles. The van der Waals surface area contributed by atoms with Gasteiger partial charge >= 0.3 is 6.09 Å². The van der Waals surface area contributed by atoms with E-state index >= 15 is 0 Å². The van der Waals surface area contributed by atoms with Crippen LogP contribution in [0.2, 0.25) is 0 Å². The second-order valence-corrected chi connectivity index (χ2v) is 7.43. The number of rotatable bonds is 7. The number of methoxy groups -OCH3 is 1. The van der Waals surface area contributed by atoms with Crippen LogP contribution in [-0.2, 0) is 16.2 Å². The Morgan fingerprint density at radius 3 is 2.71 bits per heavy atom. The van der Waals surface area contributed by atoms with Gasteiger partial charge in [0.15, 0.2) is 0 Å². The molecule has 0 radical (unpaired) electrons. The summed E-state index contributed by atoms with van der Waals surface area (Å²) < 4.78 is 10.7. The Bertz CT molecular complexity index is 991. The highest BCUT2D eigenvalue weighted by molar-refractivity contribution is 5.85. The molecule has 1 fully saturated rings. The lowest BCUT2D eigenvalue weighted by molar-refractivity contribution is 0.0196. The van der Waals surface area contributed by atoms with E-state index in [1.807, 2.05) is 36.4 Å². The zero-order chi connectivity index (χ0) is 21.6. The predicted molar refractivity (Wildman–Crippen MR) is 114 cm³/mol. The Kier molecular flexibility index (Phi) is 6.49. The van der Waals surface area contributed by atoms with Gasteiger partial charge in [0, 0.05) is 18.2 Å². The number of H-pyrrole nitrogens is 1. The molecule has 0 saturated heterocycles. The average Bonchev–Trinajstić information content (AvgIpc) is 3.48. The number of carbonyl (C=O) groups is 1. The van der Waals surface area contributed by atoms with E-state index in [4.69, 9.17) is 14.3 Å². The van der Waals surface area contributed by atoms with Gasteiger partial charge in [0.2, 0.25) is 0 Å². The first-order valence-electron chi connectivity index (χ1n) is 10.2. The number of aromatic nitrogens is 2. The number of nitrogens with zero attached hydrogens (tertiary/aromatic N) is 2. The van der Waals surface area contributed by atoms with Crippen molar-refractivity contribution in [2.24, 2.45) is 0 Å². The molecular formula is C23H25N3O5. The number of aliphatic hydroxyl groups is 1. The fourth-order valence-corrected chi connectivity index (χ4v) is 3.54. The van der Waals surface area contributed by atoms with Gasteiger partial charge in [-0.2, -0.15) is 10.2 Å². The number of anilines is 1. The minimum absolute atomic E-state index is 0.0797. The molecule has 1 aliphatic rings. The second kappa shape index (κ2) is 9.63. The van der Waals surface area contributed by atoms with Crippen LogP contribution in [0.1, 0.15) is 24.8 Å². The van der Waals surface area contributed by atoms with Crippen LogP contribution in [0.15, 0.2) is 60.9 Å². The number of amides is 1. The Balaban J connectivity index is 1.49. The highest BCUT2D eigenvalue weighted by Gasteiger charge is 2.29. The molecule has 0 spiro atoms. The van der Waals surface area contributed by atoms with Gasteiger partial charge in [0.05, 0.1) is 31.2 Å². The van der Waals surface area contributed by atoms with Crippen LogP contribution in [0.4, 0.5) is 10.5 Å². The normalized spacial score (nSPS) is 18.0. The molecule has 2 N–H and O–H groups in total. The molecule has 1 saturated carbocycles. The van der Waals surface area contributed by atoms with Crippen molar-refractivity contribution in [1.82, 2.24) is 10.2 Å². The smallest absolute Gasteiger partial charge is 0.439 e. The van der Waals surface area contributed by atoms with Crippen LogP contribution in [0.5, 0.6) is 5.75 Å². The quantitative estimate of drug-likeness (QED) is 0.556. The Morgan fingerprint density at radius 2 is 2.03 bits per heavy atom. The molecule has 2 aromatic carbocycles. The van der Waals surface area contributed by atoms with E-state index < -0.39 is 12.2 Å². The van der Waals surface area contributed by atoms with Crippen LogP contribution in [-0.4, -0.2) is 40.7 Å². The summed E-state index contributed by atoms with van der Waals surface area (Å²) in [5.74, 6) is 0.691.